The van der Waals surface area contributed by atoms with Crippen molar-refractivity contribution in [3.63, 3.8) is 0 Å². The number of halogens is 1. The van der Waals surface area contributed by atoms with E-state index in [1.165, 1.54) is 23.4 Å². The number of rotatable bonds is 2. The van der Waals surface area contributed by atoms with Gasteiger partial charge < -0.3 is 15.7 Å². The van der Waals surface area contributed by atoms with Crippen molar-refractivity contribution in [3.8, 4) is 23.7 Å². The number of nitrogens with two attached hydrogens (primary N) is 1. The minimum atomic E-state index is -0.258. The number of fused-ring (bicyclic) bond motifs is 1. The standard InChI is InChI=1S/C28H26ClN5O2/c1-33-26(36)20(7-4-6-18-9-10-23(29)24(35)22(18)16-30)17-32-27(33)34-13-11-28(12-14-34)15-19-5-2-3-8-21(19)25(28)31/h2-3,5,8-10,17,25,35H,6,11-15,31H2,1H3/t25-/m1/s1. The molecule has 0 radical (unpaired) electrons. The van der Waals surface area contributed by atoms with Crippen LogP contribution in [0.15, 0.2) is 47.4 Å². The van der Waals surface area contributed by atoms with E-state index in [1.807, 2.05) is 6.07 Å². The number of phenolic OH excluding ortho intramolecular Hbond substituents is 1. The number of nitriles is 1. The number of aromatic hydroxyl groups is 1. The minimum absolute atomic E-state index is 0.0365. The quantitative estimate of drug-likeness (QED) is 0.523. The van der Waals surface area contributed by atoms with Gasteiger partial charge in [0.15, 0.2) is 5.75 Å². The van der Waals surface area contributed by atoms with Crippen molar-refractivity contribution < 1.29 is 5.11 Å². The molecule has 3 N–H and O–H groups in total. The molecule has 0 amide bonds. The second-order valence-electron chi connectivity index (χ2n) is 9.56. The maximum Gasteiger partial charge on any atom is 0.270 e. The van der Waals surface area contributed by atoms with E-state index in [9.17, 15) is 15.2 Å². The van der Waals surface area contributed by atoms with E-state index in [0.29, 0.717) is 11.5 Å². The fourth-order valence-corrected chi connectivity index (χ4v) is 5.64. The van der Waals surface area contributed by atoms with Crippen molar-refractivity contribution >= 4 is 17.5 Å². The monoisotopic (exact) mass is 499 g/mol. The van der Waals surface area contributed by atoms with Crippen LogP contribution in [0.2, 0.25) is 5.02 Å². The third-order valence-corrected chi connectivity index (χ3v) is 7.91. The highest BCUT2D eigenvalue weighted by Gasteiger charge is 2.46. The molecule has 1 aliphatic heterocycles. The summed E-state index contributed by atoms with van der Waals surface area (Å²) in [4.78, 5) is 19.7. The molecule has 1 saturated heterocycles. The number of piperidine rings is 1. The summed E-state index contributed by atoms with van der Waals surface area (Å²) < 4.78 is 1.54. The number of hydrogen-bond acceptors (Lipinski definition) is 6. The summed E-state index contributed by atoms with van der Waals surface area (Å²) in [6.45, 7) is 1.56. The maximum absolute atomic E-state index is 13.0. The number of benzene rings is 2. The van der Waals surface area contributed by atoms with Crippen LogP contribution in [0.4, 0.5) is 5.95 Å². The fraction of sp³-hybridized carbons (Fsp3) is 0.321. The van der Waals surface area contributed by atoms with Crippen LogP contribution in [0.3, 0.4) is 0 Å². The van der Waals surface area contributed by atoms with E-state index in [-0.39, 0.29) is 45.3 Å². The smallest absolute Gasteiger partial charge is 0.270 e. The molecule has 182 valence electrons. The topological polar surface area (TPSA) is 108 Å². The molecule has 0 saturated carbocycles. The second-order valence-corrected chi connectivity index (χ2v) is 9.97. The van der Waals surface area contributed by atoms with Gasteiger partial charge in [0, 0.05) is 32.6 Å². The zero-order valence-corrected chi connectivity index (χ0v) is 20.7. The van der Waals surface area contributed by atoms with Crippen LogP contribution in [0.5, 0.6) is 5.75 Å². The molecule has 1 atom stereocenters. The summed E-state index contributed by atoms with van der Waals surface area (Å²) >= 11 is 5.88. The van der Waals surface area contributed by atoms with Gasteiger partial charge in [-0.15, -0.1) is 0 Å². The lowest BCUT2D eigenvalue weighted by molar-refractivity contribution is 0.186. The SMILES string of the molecule is Cn1c(N2CCC3(CC2)Cc2ccccc2[C@H]3N)ncc(C#CCc2ccc(Cl)c(O)c2C#N)c1=O. The van der Waals surface area contributed by atoms with Crippen molar-refractivity contribution in [2.75, 3.05) is 18.0 Å². The predicted octanol–water partition coefficient (Wildman–Crippen LogP) is 3.45. The third kappa shape index (κ3) is 4.01. The van der Waals surface area contributed by atoms with Gasteiger partial charge in [0.25, 0.3) is 5.56 Å². The summed E-state index contributed by atoms with van der Waals surface area (Å²) in [5, 5.41) is 19.4. The van der Waals surface area contributed by atoms with Crippen LogP contribution in [0, 0.1) is 28.6 Å². The van der Waals surface area contributed by atoms with Crippen LogP contribution in [0.25, 0.3) is 0 Å². The number of aromatic nitrogens is 2. The summed E-state index contributed by atoms with van der Waals surface area (Å²) in [5.41, 5.74) is 10.0. The second kappa shape index (κ2) is 9.35. The Morgan fingerprint density at radius 1 is 1.25 bits per heavy atom. The molecule has 1 spiro atoms. The van der Waals surface area contributed by atoms with Gasteiger partial charge in [0.05, 0.1) is 16.8 Å². The Balaban J connectivity index is 1.31. The Kier molecular flexibility index (Phi) is 6.22. The molecule has 1 fully saturated rings. The molecular weight excluding hydrogens is 474 g/mol. The van der Waals surface area contributed by atoms with Gasteiger partial charge >= 0.3 is 0 Å². The van der Waals surface area contributed by atoms with Crippen molar-refractivity contribution in [3.05, 3.63) is 85.8 Å². The number of hydrogen-bond donors (Lipinski definition) is 2. The van der Waals surface area contributed by atoms with E-state index in [4.69, 9.17) is 17.3 Å². The van der Waals surface area contributed by atoms with Crippen molar-refractivity contribution in [1.29, 1.82) is 5.26 Å². The predicted molar refractivity (Wildman–Crippen MR) is 139 cm³/mol. The zero-order valence-electron chi connectivity index (χ0n) is 20.0. The highest BCUT2D eigenvalue weighted by molar-refractivity contribution is 6.32. The van der Waals surface area contributed by atoms with Gasteiger partial charge in [-0.3, -0.25) is 9.36 Å². The van der Waals surface area contributed by atoms with Crippen LogP contribution in [-0.4, -0.2) is 27.7 Å². The molecule has 0 unspecified atom stereocenters. The molecule has 2 aliphatic rings. The molecule has 36 heavy (non-hydrogen) atoms. The van der Waals surface area contributed by atoms with E-state index in [0.717, 1.165) is 32.4 Å². The molecule has 0 bridgehead atoms. The van der Waals surface area contributed by atoms with Crippen molar-refractivity contribution in [2.45, 2.75) is 31.7 Å². The first-order valence-electron chi connectivity index (χ1n) is 11.9. The van der Waals surface area contributed by atoms with Gasteiger partial charge in [-0.25, -0.2) is 4.98 Å². The number of nitrogens with zero attached hydrogens (tertiary/aromatic N) is 4. The summed E-state index contributed by atoms with van der Waals surface area (Å²) in [6, 6.07) is 13.6. The highest BCUT2D eigenvalue weighted by atomic mass is 35.5. The van der Waals surface area contributed by atoms with Gasteiger partial charge in [-0.2, -0.15) is 5.26 Å². The van der Waals surface area contributed by atoms with Gasteiger partial charge in [0.1, 0.15) is 11.6 Å². The normalized spacial score (nSPS) is 17.8. The lowest BCUT2D eigenvalue weighted by Crippen LogP contribution is -2.46. The van der Waals surface area contributed by atoms with Crippen molar-refractivity contribution in [2.24, 2.45) is 18.2 Å². The first-order chi connectivity index (χ1) is 17.3. The lowest BCUT2D eigenvalue weighted by Gasteiger charge is -2.42. The Morgan fingerprint density at radius 2 is 2.00 bits per heavy atom. The Labute approximate surface area is 214 Å². The van der Waals surface area contributed by atoms with E-state index < -0.39 is 0 Å². The Bertz CT molecular complexity index is 1500. The highest BCUT2D eigenvalue weighted by Crippen LogP contribution is 2.50. The van der Waals surface area contributed by atoms with Crippen LogP contribution < -0.4 is 16.2 Å². The summed E-state index contributed by atoms with van der Waals surface area (Å²) in [7, 11) is 1.71. The third-order valence-electron chi connectivity index (χ3n) is 7.61. The Morgan fingerprint density at radius 3 is 2.72 bits per heavy atom. The zero-order chi connectivity index (χ0) is 25.4. The van der Waals surface area contributed by atoms with E-state index in [2.05, 4.69) is 46.0 Å². The van der Waals surface area contributed by atoms with Crippen LogP contribution >= 0.6 is 11.6 Å². The molecule has 2 aromatic carbocycles. The molecule has 5 rings (SSSR count). The molecule has 8 heteroatoms. The molecular formula is C28H26ClN5O2. The van der Waals surface area contributed by atoms with E-state index in [1.54, 1.807) is 17.7 Å². The minimum Gasteiger partial charge on any atom is -0.505 e. The number of phenols is 1. The molecule has 1 aliphatic carbocycles. The number of anilines is 1. The van der Waals surface area contributed by atoms with Crippen LogP contribution in [-0.2, 0) is 19.9 Å². The van der Waals surface area contributed by atoms with Gasteiger partial charge in [-0.05, 0) is 47.4 Å². The fourth-order valence-electron chi connectivity index (χ4n) is 5.49. The molecule has 3 aromatic rings. The first-order valence-corrected chi connectivity index (χ1v) is 12.3. The Hall–Kier alpha value is -3.78. The maximum atomic E-state index is 13.0. The average molecular weight is 500 g/mol. The molecule has 7 nitrogen and oxygen atoms in total. The molecule has 2 heterocycles. The van der Waals surface area contributed by atoms with Crippen LogP contribution in [0.1, 0.15) is 46.7 Å². The van der Waals surface area contributed by atoms with Gasteiger partial charge in [0.2, 0.25) is 5.95 Å². The molecule has 1 aromatic heterocycles. The van der Waals surface area contributed by atoms with Crippen molar-refractivity contribution in [1.82, 2.24) is 9.55 Å². The lowest BCUT2D eigenvalue weighted by atomic mass is 9.73. The van der Waals surface area contributed by atoms with E-state index >= 15 is 0 Å². The average Bonchev–Trinajstić information content (AvgIpc) is 3.16. The summed E-state index contributed by atoms with van der Waals surface area (Å²) in [6.07, 6.45) is 4.58. The summed E-state index contributed by atoms with van der Waals surface area (Å²) in [5.74, 6) is 6.15. The largest absolute Gasteiger partial charge is 0.505 e. The van der Waals surface area contributed by atoms with Gasteiger partial charge in [-0.1, -0.05) is 53.8 Å². The first kappa shape index (κ1) is 23.9.